The highest BCUT2D eigenvalue weighted by Gasteiger charge is 2.39. The van der Waals surface area contributed by atoms with E-state index < -0.39 is 27.9 Å². The minimum absolute atomic E-state index is 0.132. The van der Waals surface area contributed by atoms with Crippen molar-refractivity contribution in [3.05, 3.63) is 6.20 Å². The molecule has 1 fully saturated rings. The van der Waals surface area contributed by atoms with Crippen molar-refractivity contribution in [2.24, 2.45) is 0 Å². The Hall–Kier alpha value is -1.94. The van der Waals surface area contributed by atoms with E-state index in [2.05, 4.69) is 14.9 Å². The molecule has 1 aliphatic rings. The van der Waals surface area contributed by atoms with Crippen molar-refractivity contribution in [2.45, 2.75) is 17.4 Å². The predicted molar refractivity (Wildman–Crippen MR) is 59.5 cm³/mol. The van der Waals surface area contributed by atoms with Crippen molar-refractivity contribution in [2.75, 3.05) is 12.8 Å². The number of amides is 2. The van der Waals surface area contributed by atoms with Gasteiger partial charge in [-0.3, -0.25) is 19.6 Å². The molecule has 2 heterocycles. The zero-order chi connectivity index (χ0) is 13.5. The molecule has 1 aliphatic heterocycles. The normalized spacial score (nSPS) is 20.7. The SMILES string of the molecule is CN1C(=O)CC(NS(=O)(=O)c2cn[nH]c2N)C1=O. The Morgan fingerprint density at radius 2 is 2.22 bits per heavy atom. The number of likely N-dealkylation sites (N-methyl/N-ethyl adjacent to an activating group) is 1. The van der Waals surface area contributed by atoms with Gasteiger partial charge in [0.25, 0.3) is 0 Å². The zero-order valence-corrected chi connectivity index (χ0v) is 10.2. The first kappa shape index (κ1) is 12.5. The lowest BCUT2D eigenvalue weighted by Gasteiger charge is -2.10. The fourth-order valence-corrected chi connectivity index (χ4v) is 2.81. The van der Waals surface area contributed by atoms with E-state index in [1.54, 1.807) is 0 Å². The largest absolute Gasteiger partial charge is 0.383 e. The highest BCUT2D eigenvalue weighted by molar-refractivity contribution is 7.89. The molecule has 0 saturated carbocycles. The molecular weight excluding hydrogens is 262 g/mol. The maximum absolute atomic E-state index is 11.9. The van der Waals surface area contributed by atoms with E-state index in [9.17, 15) is 18.0 Å². The number of hydrogen-bond acceptors (Lipinski definition) is 6. The van der Waals surface area contributed by atoms with Crippen molar-refractivity contribution in [1.82, 2.24) is 19.8 Å². The second-order valence-electron chi connectivity index (χ2n) is 3.82. The van der Waals surface area contributed by atoms with Gasteiger partial charge in [-0.25, -0.2) is 8.42 Å². The van der Waals surface area contributed by atoms with Crippen LogP contribution < -0.4 is 10.5 Å². The van der Waals surface area contributed by atoms with Gasteiger partial charge >= 0.3 is 0 Å². The number of imide groups is 1. The summed E-state index contributed by atoms with van der Waals surface area (Å²) >= 11 is 0. The fraction of sp³-hybridized carbons (Fsp3) is 0.375. The number of nitrogens with zero attached hydrogens (tertiary/aromatic N) is 2. The van der Waals surface area contributed by atoms with Crippen LogP contribution in [0, 0.1) is 0 Å². The van der Waals surface area contributed by atoms with Crippen molar-refractivity contribution in [3.63, 3.8) is 0 Å². The summed E-state index contributed by atoms with van der Waals surface area (Å²) in [5, 5.41) is 5.75. The molecule has 0 aliphatic carbocycles. The number of aromatic nitrogens is 2. The second-order valence-corrected chi connectivity index (χ2v) is 5.50. The minimum atomic E-state index is -3.98. The zero-order valence-electron chi connectivity index (χ0n) is 9.37. The third-order valence-electron chi connectivity index (χ3n) is 2.60. The third kappa shape index (κ3) is 1.95. The van der Waals surface area contributed by atoms with Crippen molar-refractivity contribution in [1.29, 1.82) is 0 Å². The Balaban J connectivity index is 2.23. The van der Waals surface area contributed by atoms with Gasteiger partial charge in [0.2, 0.25) is 21.8 Å². The van der Waals surface area contributed by atoms with Crippen LogP contribution in [0.1, 0.15) is 6.42 Å². The first-order valence-electron chi connectivity index (χ1n) is 4.94. The number of hydrogen-bond donors (Lipinski definition) is 3. The Bertz CT molecular complexity index is 607. The summed E-state index contributed by atoms with van der Waals surface area (Å²) in [5.41, 5.74) is 5.39. The minimum Gasteiger partial charge on any atom is -0.383 e. The third-order valence-corrected chi connectivity index (χ3v) is 4.10. The number of nitrogens with one attached hydrogen (secondary N) is 2. The van der Waals surface area contributed by atoms with Crippen LogP contribution in [0.4, 0.5) is 5.82 Å². The molecule has 1 saturated heterocycles. The topological polar surface area (TPSA) is 138 Å². The van der Waals surface area contributed by atoms with E-state index in [4.69, 9.17) is 5.73 Å². The summed E-state index contributed by atoms with van der Waals surface area (Å²) in [6.07, 6.45) is 0.828. The van der Waals surface area contributed by atoms with E-state index in [1.165, 1.54) is 7.05 Å². The number of rotatable bonds is 3. The van der Waals surface area contributed by atoms with Gasteiger partial charge in [0.1, 0.15) is 16.8 Å². The lowest BCUT2D eigenvalue weighted by atomic mass is 10.3. The maximum atomic E-state index is 11.9. The number of sulfonamides is 1. The number of carbonyl (C=O) groups is 2. The fourth-order valence-electron chi connectivity index (χ4n) is 1.60. The van der Waals surface area contributed by atoms with Gasteiger partial charge in [-0.15, -0.1) is 0 Å². The molecule has 9 nitrogen and oxygen atoms in total. The van der Waals surface area contributed by atoms with Crippen LogP contribution in [0.5, 0.6) is 0 Å². The van der Waals surface area contributed by atoms with Gasteiger partial charge < -0.3 is 5.73 Å². The first-order chi connectivity index (χ1) is 8.33. The van der Waals surface area contributed by atoms with Crippen molar-refractivity contribution < 1.29 is 18.0 Å². The number of anilines is 1. The van der Waals surface area contributed by atoms with Gasteiger partial charge in [0.05, 0.1) is 12.6 Å². The number of H-pyrrole nitrogens is 1. The van der Waals surface area contributed by atoms with Gasteiger partial charge in [0, 0.05) is 7.05 Å². The van der Waals surface area contributed by atoms with Crippen LogP contribution in [0.15, 0.2) is 11.1 Å². The Morgan fingerprint density at radius 3 is 2.67 bits per heavy atom. The average molecular weight is 273 g/mol. The number of aromatic amines is 1. The molecule has 1 unspecified atom stereocenters. The molecular formula is C8H11N5O4S. The standard InChI is InChI=1S/C8H11N5O4S/c1-13-6(14)2-4(8(13)15)12-18(16,17)5-3-10-11-7(5)9/h3-4,12H,2H2,1H3,(H3,9,10,11). The highest BCUT2D eigenvalue weighted by atomic mass is 32.2. The number of carbonyl (C=O) groups excluding carboxylic acids is 2. The molecule has 18 heavy (non-hydrogen) atoms. The number of likely N-dealkylation sites (tertiary alicyclic amines) is 1. The van der Waals surface area contributed by atoms with Gasteiger partial charge in [0.15, 0.2) is 0 Å². The summed E-state index contributed by atoms with van der Waals surface area (Å²) in [6, 6.07) is -1.10. The molecule has 98 valence electrons. The van der Waals surface area contributed by atoms with E-state index in [0.29, 0.717) is 0 Å². The van der Waals surface area contributed by atoms with Crippen LogP contribution in [0.2, 0.25) is 0 Å². The summed E-state index contributed by atoms with van der Waals surface area (Å²) in [7, 11) is -2.68. The van der Waals surface area contributed by atoms with Crippen LogP contribution >= 0.6 is 0 Å². The van der Waals surface area contributed by atoms with E-state index in [1.807, 2.05) is 0 Å². The van der Waals surface area contributed by atoms with E-state index in [-0.39, 0.29) is 17.1 Å². The van der Waals surface area contributed by atoms with Crippen molar-refractivity contribution in [3.8, 4) is 0 Å². The van der Waals surface area contributed by atoms with E-state index in [0.717, 1.165) is 11.1 Å². The van der Waals surface area contributed by atoms with Crippen LogP contribution in [-0.4, -0.2) is 48.4 Å². The summed E-state index contributed by atoms with van der Waals surface area (Å²) in [6.45, 7) is 0. The maximum Gasteiger partial charge on any atom is 0.247 e. The highest BCUT2D eigenvalue weighted by Crippen LogP contribution is 2.17. The predicted octanol–water partition coefficient (Wildman–Crippen LogP) is -1.97. The van der Waals surface area contributed by atoms with E-state index >= 15 is 0 Å². The lowest BCUT2D eigenvalue weighted by Crippen LogP contribution is -2.40. The quantitative estimate of drug-likeness (QED) is 0.546. The molecule has 0 aromatic carbocycles. The first-order valence-corrected chi connectivity index (χ1v) is 6.43. The summed E-state index contributed by atoms with van der Waals surface area (Å²) in [4.78, 5) is 23.5. The molecule has 4 N–H and O–H groups in total. The van der Waals surface area contributed by atoms with Crippen LogP contribution in [0.25, 0.3) is 0 Å². The number of nitrogens with two attached hydrogens (primary N) is 1. The Labute approximate surface area is 102 Å². The van der Waals surface area contributed by atoms with Gasteiger partial charge in [-0.2, -0.15) is 9.82 Å². The smallest absolute Gasteiger partial charge is 0.247 e. The lowest BCUT2D eigenvalue weighted by molar-refractivity contribution is -0.137. The molecule has 10 heteroatoms. The molecule has 2 amide bonds. The Kier molecular flexibility index (Phi) is 2.83. The molecule has 2 rings (SSSR count). The average Bonchev–Trinajstić information content (AvgIpc) is 2.80. The van der Waals surface area contributed by atoms with Crippen LogP contribution in [-0.2, 0) is 19.6 Å². The molecule has 0 bridgehead atoms. The number of nitrogen functional groups attached to an aromatic ring is 1. The molecule has 0 spiro atoms. The molecule has 1 aromatic rings. The molecule has 1 aromatic heterocycles. The van der Waals surface area contributed by atoms with Gasteiger partial charge in [-0.05, 0) is 0 Å². The monoisotopic (exact) mass is 273 g/mol. The second kappa shape index (κ2) is 4.07. The van der Waals surface area contributed by atoms with Crippen LogP contribution in [0.3, 0.4) is 0 Å². The van der Waals surface area contributed by atoms with Gasteiger partial charge in [-0.1, -0.05) is 0 Å². The summed E-state index contributed by atoms with van der Waals surface area (Å²) in [5.74, 6) is -1.16. The Morgan fingerprint density at radius 1 is 1.56 bits per heavy atom. The summed E-state index contributed by atoms with van der Waals surface area (Å²) < 4.78 is 25.9. The molecule has 0 radical (unpaired) electrons. The molecule has 1 atom stereocenters. The van der Waals surface area contributed by atoms with Crippen molar-refractivity contribution >= 4 is 27.7 Å².